The Morgan fingerprint density at radius 2 is 2.05 bits per heavy atom. The maximum absolute atomic E-state index is 12.2. The first-order valence-electron chi connectivity index (χ1n) is 6.52. The predicted molar refractivity (Wildman–Crippen MR) is 75.4 cm³/mol. The van der Waals surface area contributed by atoms with Crippen molar-refractivity contribution in [2.75, 3.05) is 5.73 Å². The molecule has 0 atom stereocenters. The van der Waals surface area contributed by atoms with Gasteiger partial charge in [0, 0.05) is 29.7 Å². The van der Waals surface area contributed by atoms with Gasteiger partial charge in [-0.2, -0.15) is 0 Å². The van der Waals surface area contributed by atoms with Crippen LogP contribution in [0.3, 0.4) is 0 Å². The number of nitrogens with two attached hydrogens (primary N) is 2. The minimum Gasteiger partial charge on any atom is -0.398 e. The van der Waals surface area contributed by atoms with Crippen LogP contribution in [0.4, 0.5) is 5.69 Å². The molecule has 0 radical (unpaired) electrons. The first-order chi connectivity index (χ1) is 9.56. The summed E-state index contributed by atoms with van der Waals surface area (Å²) >= 11 is 0. The normalized spacial score (nSPS) is 14.4. The van der Waals surface area contributed by atoms with E-state index in [9.17, 15) is 9.59 Å². The van der Waals surface area contributed by atoms with Crippen molar-refractivity contribution in [2.45, 2.75) is 25.4 Å². The Kier molecular flexibility index (Phi) is 2.85. The van der Waals surface area contributed by atoms with E-state index in [-0.39, 0.29) is 5.69 Å². The van der Waals surface area contributed by atoms with E-state index >= 15 is 0 Å². The Hall–Kier alpha value is -2.50. The van der Waals surface area contributed by atoms with E-state index in [1.165, 1.54) is 0 Å². The minimum atomic E-state index is -0.514. The van der Waals surface area contributed by atoms with Crippen LogP contribution in [0, 0.1) is 0 Å². The van der Waals surface area contributed by atoms with E-state index in [0.717, 1.165) is 18.4 Å². The first-order valence-corrected chi connectivity index (χ1v) is 6.52. The zero-order valence-electron chi connectivity index (χ0n) is 11.0. The molecule has 0 aliphatic heterocycles. The van der Waals surface area contributed by atoms with Crippen LogP contribution < -0.4 is 17.2 Å². The summed E-state index contributed by atoms with van der Waals surface area (Å²) in [4.78, 5) is 23.2. The maximum atomic E-state index is 12.2. The summed E-state index contributed by atoms with van der Waals surface area (Å²) in [5.41, 5.74) is 12.7. The van der Waals surface area contributed by atoms with E-state index in [4.69, 9.17) is 11.5 Å². The van der Waals surface area contributed by atoms with Crippen molar-refractivity contribution in [3.63, 3.8) is 0 Å². The second-order valence-corrected chi connectivity index (χ2v) is 5.12. The second-order valence-electron chi connectivity index (χ2n) is 5.12. The number of amides is 1. The van der Waals surface area contributed by atoms with E-state index < -0.39 is 5.91 Å². The molecule has 6 nitrogen and oxygen atoms in total. The highest BCUT2D eigenvalue weighted by molar-refractivity contribution is 5.93. The molecule has 6 heteroatoms. The number of carbonyl (C=O) groups is 1. The van der Waals surface area contributed by atoms with Crippen molar-refractivity contribution < 1.29 is 4.79 Å². The van der Waals surface area contributed by atoms with Crippen LogP contribution in [-0.2, 0) is 6.54 Å². The van der Waals surface area contributed by atoms with Crippen LogP contribution in [0.15, 0.2) is 35.4 Å². The molecule has 1 fully saturated rings. The van der Waals surface area contributed by atoms with Gasteiger partial charge in [0.2, 0.25) is 5.91 Å². The Labute approximate surface area is 115 Å². The van der Waals surface area contributed by atoms with Crippen LogP contribution in [0.25, 0.3) is 0 Å². The highest BCUT2D eigenvalue weighted by Gasteiger charge is 2.25. The van der Waals surface area contributed by atoms with E-state index in [1.807, 2.05) is 6.20 Å². The Morgan fingerprint density at radius 3 is 2.65 bits per heavy atom. The average Bonchev–Trinajstić information content (AvgIpc) is 3.18. The third-order valence-electron chi connectivity index (χ3n) is 3.59. The van der Waals surface area contributed by atoms with Crippen LogP contribution in [0.2, 0.25) is 0 Å². The fourth-order valence-corrected chi connectivity index (χ4v) is 2.25. The van der Waals surface area contributed by atoms with E-state index in [0.29, 0.717) is 23.8 Å². The molecule has 20 heavy (non-hydrogen) atoms. The van der Waals surface area contributed by atoms with Gasteiger partial charge in [0.25, 0.3) is 0 Å². The number of carbonyl (C=O) groups excluding carboxylic acids is 1. The number of rotatable bonds is 4. The lowest BCUT2D eigenvalue weighted by molar-refractivity contribution is 0.100. The summed E-state index contributed by atoms with van der Waals surface area (Å²) < 4.78 is 3.38. The molecule has 1 aromatic heterocycles. The number of anilines is 1. The Bertz CT molecular complexity index is 725. The fourth-order valence-electron chi connectivity index (χ4n) is 2.25. The molecule has 1 amide bonds. The molecule has 0 saturated heterocycles. The van der Waals surface area contributed by atoms with Gasteiger partial charge in [-0.25, -0.2) is 4.79 Å². The van der Waals surface area contributed by atoms with E-state index in [1.54, 1.807) is 33.5 Å². The van der Waals surface area contributed by atoms with Gasteiger partial charge < -0.3 is 11.5 Å². The van der Waals surface area contributed by atoms with Crippen molar-refractivity contribution in [1.82, 2.24) is 9.13 Å². The molecule has 1 aliphatic carbocycles. The standard InChI is InChI=1S/C14H16N4O2/c15-12-7-9(13(16)19)1-2-10(12)8-17-5-6-18(14(17)20)11-3-4-11/h1-2,5-7,11H,3-4,8,15H2,(H2,16,19). The van der Waals surface area contributed by atoms with Crippen molar-refractivity contribution in [1.29, 1.82) is 0 Å². The molecule has 4 N–H and O–H groups in total. The zero-order chi connectivity index (χ0) is 14.3. The van der Waals surface area contributed by atoms with Gasteiger partial charge in [0.1, 0.15) is 0 Å². The van der Waals surface area contributed by atoms with Crippen LogP contribution in [0.1, 0.15) is 34.8 Å². The van der Waals surface area contributed by atoms with Crippen molar-refractivity contribution in [2.24, 2.45) is 5.73 Å². The van der Waals surface area contributed by atoms with Crippen LogP contribution in [-0.4, -0.2) is 15.0 Å². The molecule has 1 heterocycles. The number of nitrogen functional groups attached to an aromatic ring is 1. The van der Waals surface area contributed by atoms with Crippen molar-refractivity contribution in [3.8, 4) is 0 Å². The van der Waals surface area contributed by atoms with Gasteiger partial charge in [-0.1, -0.05) is 6.07 Å². The fraction of sp³-hybridized carbons (Fsp3) is 0.286. The molecule has 1 aliphatic rings. The molecule has 104 valence electrons. The van der Waals surface area contributed by atoms with Gasteiger partial charge in [-0.3, -0.25) is 13.9 Å². The largest absolute Gasteiger partial charge is 0.398 e. The summed E-state index contributed by atoms with van der Waals surface area (Å²) in [5, 5.41) is 0. The molecule has 1 aromatic carbocycles. The lowest BCUT2D eigenvalue weighted by Crippen LogP contribution is -2.24. The maximum Gasteiger partial charge on any atom is 0.328 e. The number of nitrogens with zero attached hydrogens (tertiary/aromatic N) is 2. The molecule has 0 unspecified atom stereocenters. The summed E-state index contributed by atoms with van der Waals surface area (Å²) in [6, 6.07) is 5.26. The number of imidazole rings is 1. The second kappa shape index (κ2) is 4.56. The molecule has 3 rings (SSSR count). The average molecular weight is 272 g/mol. The van der Waals surface area contributed by atoms with Gasteiger partial charge in [0.15, 0.2) is 0 Å². The Balaban J connectivity index is 1.87. The quantitative estimate of drug-likeness (QED) is 0.802. The van der Waals surface area contributed by atoms with Crippen LogP contribution in [0.5, 0.6) is 0 Å². The summed E-state index contributed by atoms with van der Waals surface area (Å²) in [6.45, 7) is 0.392. The molecule has 0 bridgehead atoms. The highest BCUT2D eigenvalue weighted by atomic mass is 16.2. The van der Waals surface area contributed by atoms with Gasteiger partial charge in [-0.15, -0.1) is 0 Å². The molecular weight excluding hydrogens is 256 g/mol. The van der Waals surface area contributed by atoms with Gasteiger partial charge in [-0.05, 0) is 30.5 Å². The van der Waals surface area contributed by atoms with Gasteiger partial charge in [0.05, 0.1) is 6.54 Å². The summed E-state index contributed by atoms with van der Waals surface area (Å²) in [5.74, 6) is -0.514. The third kappa shape index (κ3) is 2.20. The Morgan fingerprint density at radius 1 is 1.30 bits per heavy atom. The number of primary amides is 1. The lowest BCUT2D eigenvalue weighted by Gasteiger charge is -2.07. The number of aromatic nitrogens is 2. The van der Waals surface area contributed by atoms with Crippen molar-refractivity contribution in [3.05, 3.63) is 52.2 Å². The number of hydrogen-bond acceptors (Lipinski definition) is 3. The topological polar surface area (TPSA) is 96.0 Å². The molecular formula is C14H16N4O2. The molecule has 2 aromatic rings. The predicted octanol–water partition coefficient (Wildman–Crippen LogP) is 0.714. The first kappa shape index (κ1) is 12.5. The number of benzene rings is 1. The molecule has 0 spiro atoms. The van der Waals surface area contributed by atoms with Crippen LogP contribution >= 0.6 is 0 Å². The monoisotopic (exact) mass is 272 g/mol. The summed E-state index contributed by atoms with van der Waals surface area (Å²) in [7, 11) is 0. The van der Waals surface area contributed by atoms with Crippen molar-refractivity contribution >= 4 is 11.6 Å². The lowest BCUT2D eigenvalue weighted by atomic mass is 10.1. The third-order valence-corrected chi connectivity index (χ3v) is 3.59. The summed E-state index contributed by atoms with van der Waals surface area (Å²) in [6.07, 6.45) is 5.72. The SMILES string of the molecule is NC(=O)c1ccc(Cn2ccn(C3CC3)c2=O)c(N)c1. The number of hydrogen-bond donors (Lipinski definition) is 2. The smallest absolute Gasteiger partial charge is 0.328 e. The highest BCUT2D eigenvalue weighted by Crippen LogP contribution is 2.33. The minimum absolute atomic E-state index is 0.0223. The van der Waals surface area contributed by atoms with Gasteiger partial charge >= 0.3 is 5.69 Å². The molecule has 1 saturated carbocycles. The van der Waals surface area contributed by atoms with E-state index in [2.05, 4.69) is 0 Å². The zero-order valence-corrected chi connectivity index (χ0v) is 11.0.